The summed E-state index contributed by atoms with van der Waals surface area (Å²) < 4.78 is 24.8. The molecule has 0 saturated carbocycles. The Labute approximate surface area is 144 Å². The third-order valence-corrected chi connectivity index (χ3v) is 4.40. The number of nitrogens with one attached hydrogen (secondary N) is 1. The lowest BCUT2D eigenvalue weighted by atomic mass is 10.1. The number of benzene rings is 1. The fraction of sp³-hybridized carbons (Fsp3) is 0.333. The fourth-order valence-corrected chi connectivity index (χ4v) is 3.14. The van der Waals surface area contributed by atoms with Crippen LogP contribution in [0.3, 0.4) is 0 Å². The van der Waals surface area contributed by atoms with Crippen LogP contribution in [0.5, 0.6) is 0 Å². The molecule has 1 aromatic heterocycles. The van der Waals surface area contributed by atoms with Crippen LogP contribution in [0.15, 0.2) is 30.5 Å². The molecule has 3 heterocycles. The van der Waals surface area contributed by atoms with Gasteiger partial charge in [-0.25, -0.2) is 9.37 Å². The highest BCUT2D eigenvalue weighted by molar-refractivity contribution is 5.97. The normalized spacial score (nSPS) is 19.4. The number of hydrogen-bond acceptors (Lipinski definition) is 5. The molecule has 6 nitrogen and oxygen atoms in total. The summed E-state index contributed by atoms with van der Waals surface area (Å²) in [5.74, 6) is -0.00187. The van der Waals surface area contributed by atoms with Gasteiger partial charge in [-0.2, -0.15) is 0 Å². The Bertz CT molecular complexity index is 821. The highest BCUT2D eigenvalue weighted by Gasteiger charge is 2.25. The number of aromatic nitrogens is 1. The third-order valence-electron chi connectivity index (χ3n) is 4.40. The second-order valence-electron chi connectivity index (χ2n) is 6.10. The molecule has 7 heteroatoms. The van der Waals surface area contributed by atoms with Crippen LogP contribution >= 0.6 is 0 Å². The molecule has 0 radical (unpaired) electrons. The molecule has 1 atom stereocenters. The van der Waals surface area contributed by atoms with Crippen molar-refractivity contribution in [1.29, 1.82) is 0 Å². The van der Waals surface area contributed by atoms with Crippen LogP contribution in [0.25, 0.3) is 0 Å². The van der Waals surface area contributed by atoms with E-state index in [9.17, 15) is 9.18 Å². The number of rotatable bonds is 1. The molecule has 1 fully saturated rings. The van der Waals surface area contributed by atoms with Crippen LogP contribution in [0, 0.1) is 5.82 Å². The zero-order valence-electron chi connectivity index (χ0n) is 13.8. The van der Waals surface area contributed by atoms with Crippen molar-refractivity contribution in [2.24, 2.45) is 0 Å². The number of carbonyl (C=O) groups excluding carboxylic acids is 1. The Hall–Kier alpha value is -2.51. The van der Waals surface area contributed by atoms with Crippen LogP contribution in [-0.2, 0) is 20.8 Å². The molecule has 130 valence electrons. The molecular weight excluding hydrogens is 325 g/mol. The van der Waals surface area contributed by atoms with Gasteiger partial charge >= 0.3 is 0 Å². The lowest BCUT2D eigenvalue weighted by molar-refractivity contribution is -0.116. The molecule has 0 spiro atoms. The second kappa shape index (κ2) is 6.42. The predicted molar refractivity (Wildman–Crippen MR) is 90.3 cm³/mol. The van der Waals surface area contributed by atoms with Crippen molar-refractivity contribution >= 4 is 23.1 Å². The molecule has 0 bridgehead atoms. The van der Waals surface area contributed by atoms with Crippen molar-refractivity contribution in [1.82, 2.24) is 4.98 Å². The lowest BCUT2D eigenvalue weighted by Crippen LogP contribution is -2.28. The summed E-state index contributed by atoms with van der Waals surface area (Å²) in [6.45, 7) is 3.37. The zero-order valence-corrected chi connectivity index (χ0v) is 13.8. The Kier molecular flexibility index (Phi) is 4.10. The van der Waals surface area contributed by atoms with Crippen LogP contribution in [-0.4, -0.2) is 30.7 Å². The van der Waals surface area contributed by atoms with Crippen LogP contribution in [0.4, 0.5) is 21.6 Å². The molecule has 1 aromatic carbocycles. The lowest BCUT2D eigenvalue weighted by Gasteiger charge is -2.26. The second-order valence-corrected chi connectivity index (χ2v) is 6.10. The van der Waals surface area contributed by atoms with E-state index in [1.807, 2.05) is 18.2 Å². The highest BCUT2D eigenvalue weighted by Crippen LogP contribution is 2.37. The van der Waals surface area contributed by atoms with E-state index in [4.69, 9.17) is 9.47 Å². The summed E-state index contributed by atoms with van der Waals surface area (Å²) in [5, 5.41) is 3.20. The summed E-state index contributed by atoms with van der Waals surface area (Å²) in [7, 11) is 0. The maximum atomic E-state index is 13.6. The molecular formula is C18H18FN3O3. The fourth-order valence-electron chi connectivity index (χ4n) is 3.14. The van der Waals surface area contributed by atoms with Gasteiger partial charge in [0.15, 0.2) is 0 Å². The minimum atomic E-state index is -0.427. The minimum absolute atomic E-state index is 0.127. The standard InChI is InChI=1S/C18H18FN3O3/c1-11(23)22-9-13-6-14(19)8-20-18(13)21-15-3-2-12(7-16(15)22)17-10-24-4-5-25-17/h2-3,6-8,17H,4-5,9-10H2,1H3,(H,20,21). The van der Waals surface area contributed by atoms with E-state index in [1.54, 1.807) is 4.90 Å². The Morgan fingerprint density at radius 1 is 1.36 bits per heavy atom. The molecule has 2 aliphatic rings. The minimum Gasteiger partial charge on any atom is -0.376 e. The summed E-state index contributed by atoms with van der Waals surface area (Å²) in [4.78, 5) is 18.0. The number of hydrogen-bond donors (Lipinski definition) is 1. The van der Waals surface area contributed by atoms with Gasteiger partial charge < -0.3 is 19.7 Å². The number of fused-ring (bicyclic) bond motifs is 2. The number of ether oxygens (including phenoxy) is 2. The van der Waals surface area contributed by atoms with E-state index in [0.29, 0.717) is 31.2 Å². The van der Waals surface area contributed by atoms with Crippen LogP contribution < -0.4 is 10.2 Å². The molecule has 1 amide bonds. The van der Waals surface area contributed by atoms with Crippen molar-refractivity contribution in [3.8, 4) is 0 Å². The van der Waals surface area contributed by atoms with Gasteiger partial charge in [0.1, 0.15) is 17.7 Å². The summed E-state index contributed by atoms with van der Waals surface area (Å²) >= 11 is 0. The number of carbonyl (C=O) groups is 1. The van der Waals surface area contributed by atoms with Gasteiger partial charge in [-0.3, -0.25) is 4.79 Å². The number of anilines is 3. The Morgan fingerprint density at radius 2 is 2.24 bits per heavy atom. The molecule has 1 N–H and O–H groups in total. The average Bonchev–Trinajstić information content (AvgIpc) is 2.78. The maximum Gasteiger partial charge on any atom is 0.224 e. The molecule has 4 rings (SSSR count). The third kappa shape index (κ3) is 3.08. The maximum absolute atomic E-state index is 13.6. The number of nitrogens with zero attached hydrogens (tertiary/aromatic N) is 2. The predicted octanol–water partition coefficient (Wildman–Crippen LogP) is 2.92. The van der Waals surface area contributed by atoms with Crippen molar-refractivity contribution in [3.63, 3.8) is 0 Å². The zero-order chi connectivity index (χ0) is 17.4. The molecule has 2 aliphatic heterocycles. The van der Waals surface area contributed by atoms with Gasteiger partial charge in [-0.05, 0) is 23.8 Å². The average molecular weight is 343 g/mol. The summed E-state index contributed by atoms with van der Waals surface area (Å²) in [6, 6.07) is 7.15. The van der Waals surface area contributed by atoms with Gasteiger partial charge in [0.25, 0.3) is 0 Å². The number of pyridine rings is 1. The van der Waals surface area contributed by atoms with E-state index < -0.39 is 5.82 Å². The first-order valence-electron chi connectivity index (χ1n) is 8.14. The Morgan fingerprint density at radius 3 is 3.00 bits per heavy atom. The van der Waals surface area contributed by atoms with Crippen molar-refractivity contribution < 1.29 is 18.7 Å². The number of amides is 1. The van der Waals surface area contributed by atoms with Crippen LogP contribution in [0.1, 0.15) is 24.2 Å². The van der Waals surface area contributed by atoms with E-state index in [0.717, 1.165) is 23.1 Å². The van der Waals surface area contributed by atoms with Gasteiger partial charge in [0, 0.05) is 12.5 Å². The van der Waals surface area contributed by atoms with E-state index in [-0.39, 0.29) is 18.6 Å². The molecule has 25 heavy (non-hydrogen) atoms. The summed E-state index contributed by atoms with van der Waals surface area (Å²) in [6.07, 6.45) is 1.00. The molecule has 1 saturated heterocycles. The van der Waals surface area contributed by atoms with Gasteiger partial charge in [-0.1, -0.05) is 6.07 Å². The van der Waals surface area contributed by atoms with Crippen molar-refractivity contribution in [2.75, 3.05) is 30.0 Å². The van der Waals surface area contributed by atoms with E-state index in [2.05, 4.69) is 10.3 Å². The van der Waals surface area contributed by atoms with Crippen LogP contribution in [0.2, 0.25) is 0 Å². The van der Waals surface area contributed by atoms with Gasteiger partial charge in [0.05, 0.1) is 43.9 Å². The first-order valence-corrected chi connectivity index (χ1v) is 8.14. The topological polar surface area (TPSA) is 63.7 Å². The van der Waals surface area contributed by atoms with Gasteiger partial charge in [0.2, 0.25) is 5.91 Å². The molecule has 2 aromatic rings. The summed E-state index contributed by atoms with van der Waals surface area (Å²) in [5.41, 5.74) is 3.04. The molecule has 0 aliphatic carbocycles. The first-order chi connectivity index (χ1) is 12.1. The molecule has 1 unspecified atom stereocenters. The Balaban J connectivity index is 1.76. The van der Waals surface area contributed by atoms with E-state index in [1.165, 1.54) is 13.0 Å². The van der Waals surface area contributed by atoms with Gasteiger partial charge in [-0.15, -0.1) is 0 Å². The largest absolute Gasteiger partial charge is 0.376 e. The first kappa shape index (κ1) is 16.0. The monoisotopic (exact) mass is 343 g/mol. The van der Waals surface area contributed by atoms with E-state index >= 15 is 0 Å². The smallest absolute Gasteiger partial charge is 0.224 e. The van der Waals surface area contributed by atoms with Crippen molar-refractivity contribution in [2.45, 2.75) is 19.6 Å². The quantitative estimate of drug-likeness (QED) is 0.863. The number of halogens is 1. The van der Waals surface area contributed by atoms with Crippen molar-refractivity contribution in [3.05, 3.63) is 47.4 Å². The highest BCUT2D eigenvalue weighted by atomic mass is 19.1. The SMILES string of the molecule is CC(=O)N1Cc2cc(F)cnc2Nc2ccc(C3COCCO3)cc21.